The van der Waals surface area contributed by atoms with Gasteiger partial charge in [0.2, 0.25) is 5.91 Å². The van der Waals surface area contributed by atoms with Crippen molar-refractivity contribution in [1.82, 2.24) is 15.0 Å². The number of methoxy groups -OCH3 is 1. The zero-order valence-electron chi connectivity index (χ0n) is 11.9. The van der Waals surface area contributed by atoms with Crippen molar-refractivity contribution in [3.63, 3.8) is 0 Å². The van der Waals surface area contributed by atoms with Crippen molar-refractivity contribution in [2.24, 2.45) is 0 Å². The fourth-order valence-electron chi connectivity index (χ4n) is 1.92. The molecule has 1 amide bonds. The van der Waals surface area contributed by atoms with Gasteiger partial charge in [0, 0.05) is 5.69 Å². The van der Waals surface area contributed by atoms with Gasteiger partial charge in [-0.1, -0.05) is 30.3 Å². The average molecular weight is 288 g/mol. The summed E-state index contributed by atoms with van der Waals surface area (Å²) in [7, 11) is 1.28. The quantitative estimate of drug-likeness (QED) is 0.837. The SMILES string of the molecule is CCc1c(C(=O)OC)nnn1CC(=O)Nc1ccccc1. The molecule has 1 N–H and O–H groups in total. The Kier molecular flexibility index (Phi) is 4.65. The van der Waals surface area contributed by atoms with Crippen LogP contribution in [0.1, 0.15) is 23.1 Å². The first-order chi connectivity index (χ1) is 10.2. The number of hydrogen-bond donors (Lipinski definition) is 1. The van der Waals surface area contributed by atoms with Crippen LogP contribution >= 0.6 is 0 Å². The molecule has 0 aliphatic carbocycles. The minimum atomic E-state index is -0.554. The van der Waals surface area contributed by atoms with Crippen LogP contribution in [0.3, 0.4) is 0 Å². The molecule has 21 heavy (non-hydrogen) atoms. The molecule has 7 nitrogen and oxygen atoms in total. The predicted octanol–water partition coefficient (Wildman–Crippen LogP) is 1.27. The lowest BCUT2D eigenvalue weighted by atomic mass is 10.2. The predicted molar refractivity (Wildman–Crippen MR) is 75.8 cm³/mol. The molecule has 0 aliphatic rings. The second-order valence-electron chi connectivity index (χ2n) is 4.30. The van der Waals surface area contributed by atoms with E-state index in [-0.39, 0.29) is 18.1 Å². The van der Waals surface area contributed by atoms with Gasteiger partial charge in [-0.2, -0.15) is 0 Å². The smallest absolute Gasteiger partial charge is 0.360 e. The zero-order chi connectivity index (χ0) is 15.2. The van der Waals surface area contributed by atoms with Crippen LogP contribution in [0, 0.1) is 0 Å². The summed E-state index contributed by atoms with van der Waals surface area (Å²) in [6.45, 7) is 1.85. The average Bonchev–Trinajstić information content (AvgIpc) is 2.89. The number of aromatic nitrogens is 3. The third-order valence-electron chi connectivity index (χ3n) is 2.90. The Hall–Kier alpha value is -2.70. The normalized spacial score (nSPS) is 10.2. The standard InChI is InChI=1S/C14H16N4O3/c1-3-11-13(14(20)21-2)16-17-18(11)9-12(19)15-10-7-5-4-6-8-10/h4-8H,3,9H2,1-2H3,(H,15,19). The van der Waals surface area contributed by atoms with Crippen LogP contribution in [0.15, 0.2) is 30.3 Å². The van der Waals surface area contributed by atoms with E-state index in [1.54, 1.807) is 12.1 Å². The third kappa shape index (κ3) is 3.44. The lowest BCUT2D eigenvalue weighted by Gasteiger charge is -2.07. The highest BCUT2D eigenvalue weighted by Crippen LogP contribution is 2.09. The van der Waals surface area contributed by atoms with Crippen molar-refractivity contribution >= 4 is 17.6 Å². The van der Waals surface area contributed by atoms with E-state index in [0.29, 0.717) is 17.8 Å². The molecule has 1 heterocycles. The summed E-state index contributed by atoms with van der Waals surface area (Å²) in [6, 6.07) is 9.11. The summed E-state index contributed by atoms with van der Waals surface area (Å²) in [5.41, 5.74) is 1.42. The number of ether oxygens (including phenoxy) is 1. The van der Waals surface area contributed by atoms with Gasteiger partial charge in [0.25, 0.3) is 0 Å². The largest absolute Gasteiger partial charge is 0.464 e. The maximum absolute atomic E-state index is 12.0. The fourth-order valence-corrected chi connectivity index (χ4v) is 1.92. The van der Waals surface area contributed by atoms with Gasteiger partial charge in [-0.05, 0) is 18.6 Å². The number of benzene rings is 1. The number of anilines is 1. The number of nitrogens with one attached hydrogen (secondary N) is 1. The lowest BCUT2D eigenvalue weighted by molar-refractivity contribution is -0.117. The lowest BCUT2D eigenvalue weighted by Crippen LogP contribution is -2.21. The summed E-state index contributed by atoms with van der Waals surface area (Å²) in [5.74, 6) is -0.793. The number of carbonyl (C=O) groups excluding carboxylic acids is 2. The second-order valence-corrected chi connectivity index (χ2v) is 4.30. The highest BCUT2D eigenvalue weighted by molar-refractivity contribution is 5.91. The molecular formula is C14H16N4O3. The van der Waals surface area contributed by atoms with E-state index in [4.69, 9.17) is 0 Å². The molecule has 0 aliphatic heterocycles. The summed E-state index contributed by atoms with van der Waals surface area (Å²) in [6.07, 6.45) is 0.524. The van der Waals surface area contributed by atoms with Crippen molar-refractivity contribution in [1.29, 1.82) is 0 Å². The van der Waals surface area contributed by atoms with Crippen molar-refractivity contribution < 1.29 is 14.3 Å². The topological polar surface area (TPSA) is 86.1 Å². The van der Waals surface area contributed by atoms with Gasteiger partial charge in [-0.25, -0.2) is 9.48 Å². The maximum atomic E-state index is 12.0. The Morgan fingerprint density at radius 3 is 2.62 bits per heavy atom. The van der Waals surface area contributed by atoms with Crippen LogP contribution in [0.2, 0.25) is 0 Å². The van der Waals surface area contributed by atoms with Crippen molar-refractivity contribution in [3.8, 4) is 0 Å². The molecule has 0 bridgehead atoms. The summed E-state index contributed by atoms with van der Waals surface area (Å²) >= 11 is 0. The van der Waals surface area contributed by atoms with E-state index in [0.717, 1.165) is 0 Å². The van der Waals surface area contributed by atoms with Crippen LogP contribution in [0.4, 0.5) is 5.69 Å². The third-order valence-corrected chi connectivity index (χ3v) is 2.90. The number of hydrogen-bond acceptors (Lipinski definition) is 5. The minimum Gasteiger partial charge on any atom is -0.464 e. The van der Waals surface area contributed by atoms with Gasteiger partial charge in [0.1, 0.15) is 6.54 Å². The molecule has 7 heteroatoms. The molecule has 0 fully saturated rings. The molecule has 0 radical (unpaired) electrons. The molecule has 110 valence electrons. The van der Waals surface area contributed by atoms with Gasteiger partial charge < -0.3 is 10.1 Å². The van der Waals surface area contributed by atoms with Gasteiger partial charge in [0.15, 0.2) is 5.69 Å². The first-order valence-corrected chi connectivity index (χ1v) is 6.51. The molecule has 0 spiro atoms. The minimum absolute atomic E-state index is 0.0118. The van der Waals surface area contributed by atoms with Gasteiger partial charge in [-0.3, -0.25) is 4.79 Å². The molecule has 0 saturated heterocycles. The van der Waals surface area contributed by atoms with Crippen molar-refractivity contribution in [2.75, 3.05) is 12.4 Å². The second kappa shape index (κ2) is 6.65. The van der Waals surface area contributed by atoms with Crippen molar-refractivity contribution in [2.45, 2.75) is 19.9 Å². The summed E-state index contributed by atoms with van der Waals surface area (Å²) in [5, 5.41) is 10.4. The molecule has 0 saturated carbocycles. The van der Waals surface area contributed by atoms with Crippen LogP contribution in [-0.2, 0) is 22.5 Å². The fraction of sp³-hybridized carbons (Fsp3) is 0.286. The van der Waals surface area contributed by atoms with E-state index >= 15 is 0 Å². The van der Waals surface area contributed by atoms with E-state index in [2.05, 4.69) is 20.4 Å². The molecule has 1 aromatic carbocycles. The van der Waals surface area contributed by atoms with Crippen LogP contribution in [-0.4, -0.2) is 34.0 Å². The maximum Gasteiger partial charge on any atom is 0.360 e. The number of para-hydroxylation sites is 1. The van der Waals surface area contributed by atoms with Crippen molar-refractivity contribution in [3.05, 3.63) is 41.7 Å². The highest BCUT2D eigenvalue weighted by atomic mass is 16.5. The van der Waals surface area contributed by atoms with E-state index in [1.165, 1.54) is 11.8 Å². The van der Waals surface area contributed by atoms with Gasteiger partial charge in [-0.15, -0.1) is 5.10 Å². The first kappa shape index (κ1) is 14.7. The molecule has 2 rings (SSSR count). The molecule has 0 unspecified atom stereocenters. The number of nitrogens with zero attached hydrogens (tertiary/aromatic N) is 3. The Morgan fingerprint density at radius 1 is 1.29 bits per heavy atom. The first-order valence-electron chi connectivity index (χ1n) is 6.51. The molecule has 1 aromatic heterocycles. The number of amides is 1. The van der Waals surface area contributed by atoms with Gasteiger partial charge >= 0.3 is 5.97 Å². The van der Waals surface area contributed by atoms with Gasteiger partial charge in [0.05, 0.1) is 12.8 Å². The van der Waals surface area contributed by atoms with E-state index < -0.39 is 5.97 Å². The summed E-state index contributed by atoms with van der Waals surface area (Å²) in [4.78, 5) is 23.5. The number of rotatable bonds is 5. The Balaban J connectivity index is 2.11. The van der Waals surface area contributed by atoms with E-state index in [9.17, 15) is 9.59 Å². The summed E-state index contributed by atoms with van der Waals surface area (Å²) < 4.78 is 6.04. The highest BCUT2D eigenvalue weighted by Gasteiger charge is 2.20. The molecule has 0 atom stereocenters. The number of esters is 1. The Labute approximate surface area is 121 Å². The molecular weight excluding hydrogens is 272 g/mol. The van der Waals surface area contributed by atoms with Crippen LogP contribution in [0.5, 0.6) is 0 Å². The van der Waals surface area contributed by atoms with Crippen LogP contribution in [0.25, 0.3) is 0 Å². The Morgan fingerprint density at radius 2 is 2.00 bits per heavy atom. The Bertz CT molecular complexity index is 637. The molecule has 2 aromatic rings. The monoisotopic (exact) mass is 288 g/mol. The number of carbonyl (C=O) groups is 2. The van der Waals surface area contributed by atoms with E-state index in [1.807, 2.05) is 25.1 Å². The zero-order valence-corrected chi connectivity index (χ0v) is 11.9. The van der Waals surface area contributed by atoms with Crippen LogP contribution < -0.4 is 5.32 Å².